The molecule has 1 heterocycles. The SMILES string of the molecule is COc1ccc(Br)cc1CN(C)CN1C(=O)CCC1=O. The highest BCUT2D eigenvalue weighted by molar-refractivity contribution is 9.10. The monoisotopic (exact) mass is 340 g/mol. The molecule has 0 N–H and O–H groups in total. The van der Waals surface area contributed by atoms with Gasteiger partial charge >= 0.3 is 0 Å². The third kappa shape index (κ3) is 3.37. The smallest absolute Gasteiger partial charge is 0.230 e. The van der Waals surface area contributed by atoms with E-state index in [1.165, 1.54) is 4.90 Å². The molecule has 0 bridgehead atoms. The van der Waals surface area contributed by atoms with Gasteiger partial charge in [-0.05, 0) is 25.2 Å². The van der Waals surface area contributed by atoms with Crippen LogP contribution < -0.4 is 4.74 Å². The van der Waals surface area contributed by atoms with E-state index in [1.54, 1.807) is 7.11 Å². The summed E-state index contributed by atoms with van der Waals surface area (Å²) in [5.74, 6) is 0.602. The topological polar surface area (TPSA) is 49.9 Å². The van der Waals surface area contributed by atoms with E-state index >= 15 is 0 Å². The van der Waals surface area contributed by atoms with Crippen LogP contribution in [0.25, 0.3) is 0 Å². The highest BCUT2D eigenvalue weighted by atomic mass is 79.9. The van der Waals surface area contributed by atoms with Crippen LogP contribution in [0.1, 0.15) is 18.4 Å². The maximum Gasteiger partial charge on any atom is 0.230 e. The lowest BCUT2D eigenvalue weighted by Crippen LogP contribution is -2.38. The summed E-state index contributed by atoms with van der Waals surface area (Å²) in [6, 6.07) is 5.78. The summed E-state index contributed by atoms with van der Waals surface area (Å²) >= 11 is 3.43. The number of amides is 2. The quantitative estimate of drug-likeness (QED) is 0.769. The van der Waals surface area contributed by atoms with Crippen molar-refractivity contribution >= 4 is 27.7 Å². The first-order chi connectivity index (χ1) is 9.51. The van der Waals surface area contributed by atoms with Crippen LogP contribution in [0.2, 0.25) is 0 Å². The number of carbonyl (C=O) groups is 2. The van der Waals surface area contributed by atoms with Crippen molar-refractivity contribution in [3.8, 4) is 5.75 Å². The lowest BCUT2D eigenvalue weighted by Gasteiger charge is -2.23. The Bertz CT molecular complexity index is 517. The summed E-state index contributed by atoms with van der Waals surface area (Å²) in [7, 11) is 3.50. The van der Waals surface area contributed by atoms with Gasteiger partial charge in [-0.25, -0.2) is 0 Å². The molecular formula is C14H17BrN2O3. The van der Waals surface area contributed by atoms with Gasteiger partial charge in [-0.2, -0.15) is 0 Å². The zero-order valence-corrected chi connectivity index (χ0v) is 13.1. The van der Waals surface area contributed by atoms with Gasteiger partial charge in [0.15, 0.2) is 0 Å². The number of halogens is 1. The fourth-order valence-corrected chi connectivity index (χ4v) is 2.64. The van der Waals surface area contributed by atoms with E-state index in [-0.39, 0.29) is 11.8 Å². The summed E-state index contributed by atoms with van der Waals surface area (Å²) in [6.07, 6.45) is 0.653. The Morgan fingerprint density at radius 1 is 1.30 bits per heavy atom. The van der Waals surface area contributed by atoms with E-state index in [0.29, 0.717) is 26.1 Å². The molecule has 1 aromatic carbocycles. The lowest BCUT2D eigenvalue weighted by atomic mass is 10.2. The van der Waals surface area contributed by atoms with Crippen molar-refractivity contribution in [2.75, 3.05) is 20.8 Å². The van der Waals surface area contributed by atoms with Crippen molar-refractivity contribution in [3.05, 3.63) is 28.2 Å². The maximum atomic E-state index is 11.6. The summed E-state index contributed by atoms with van der Waals surface area (Å²) in [4.78, 5) is 26.4. The van der Waals surface area contributed by atoms with Crippen LogP contribution >= 0.6 is 15.9 Å². The second-order valence-electron chi connectivity index (χ2n) is 4.83. The van der Waals surface area contributed by atoms with Gasteiger partial charge < -0.3 is 4.74 Å². The van der Waals surface area contributed by atoms with Crippen molar-refractivity contribution < 1.29 is 14.3 Å². The normalized spacial score (nSPS) is 15.3. The average Bonchev–Trinajstić information content (AvgIpc) is 2.71. The van der Waals surface area contributed by atoms with E-state index in [9.17, 15) is 9.59 Å². The highest BCUT2D eigenvalue weighted by Gasteiger charge is 2.29. The molecule has 1 saturated heterocycles. The number of likely N-dealkylation sites (tertiary alicyclic amines) is 1. The van der Waals surface area contributed by atoms with Gasteiger partial charge in [0.1, 0.15) is 5.75 Å². The van der Waals surface area contributed by atoms with E-state index < -0.39 is 0 Å². The van der Waals surface area contributed by atoms with Gasteiger partial charge in [-0.1, -0.05) is 15.9 Å². The third-order valence-electron chi connectivity index (χ3n) is 3.22. The largest absolute Gasteiger partial charge is 0.496 e. The molecule has 0 saturated carbocycles. The zero-order valence-electron chi connectivity index (χ0n) is 11.6. The number of nitrogens with zero attached hydrogens (tertiary/aromatic N) is 2. The minimum Gasteiger partial charge on any atom is -0.496 e. The standard InChI is InChI=1S/C14H17BrN2O3/c1-16(9-17-13(18)5-6-14(17)19)8-10-7-11(15)3-4-12(10)20-2/h3-4,7H,5-6,8-9H2,1-2H3. The Labute approximate surface area is 126 Å². The number of hydrogen-bond acceptors (Lipinski definition) is 4. The molecule has 5 nitrogen and oxygen atoms in total. The molecule has 6 heteroatoms. The van der Waals surface area contributed by atoms with E-state index in [0.717, 1.165) is 15.8 Å². The Balaban J connectivity index is 2.04. The molecule has 0 unspecified atom stereocenters. The molecule has 2 amide bonds. The minimum atomic E-state index is -0.0944. The minimum absolute atomic E-state index is 0.0944. The predicted octanol–water partition coefficient (Wildman–Crippen LogP) is 2.00. The van der Waals surface area contributed by atoms with Gasteiger partial charge in [-0.3, -0.25) is 19.4 Å². The van der Waals surface area contributed by atoms with Crippen molar-refractivity contribution in [2.45, 2.75) is 19.4 Å². The molecule has 1 aliphatic rings. The molecule has 20 heavy (non-hydrogen) atoms. The summed E-state index contributed by atoms with van der Waals surface area (Å²) in [5, 5.41) is 0. The molecular weight excluding hydrogens is 324 g/mol. The Morgan fingerprint density at radius 3 is 2.55 bits per heavy atom. The molecule has 0 atom stereocenters. The second kappa shape index (κ2) is 6.37. The number of imide groups is 1. The molecule has 108 valence electrons. The summed E-state index contributed by atoms with van der Waals surface area (Å²) in [5.41, 5.74) is 1.00. The first-order valence-corrected chi connectivity index (χ1v) is 7.14. The fraction of sp³-hybridized carbons (Fsp3) is 0.429. The second-order valence-corrected chi connectivity index (χ2v) is 5.74. The van der Waals surface area contributed by atoms with Crippen LogP contribution in [0.4, 0.5) is 0 Å². The number of carbonyl (C=O) groups excluding carboxylic acids is 2. The van der Waals surface area contributed by atoms with Crippen LogP contribution in [0.3, 0.4) is 0 Å². The number of methoxy groups -OCH3 is 1. The lowest BCUT2D eigenvalue weighted by molar-refractivity contribution is -0.140. The first-order valence-electron chi connectivity index (χ1n) is 6.35. The van der Waals surface area contributed by atoms with Crippen molar-refractivity contribution in [1.82, 2.24) is 9.80 Å². The highest BCUT2D eigenvalue weighted by Crippen LogP contribution is 2.24. The van der Waals surface area contributed by atoms with Crippen LogP contribution in [-0.2, 0) is 16.1 Å². The Morgan fingerprint density at radius 2 is 1.95 bits per heavy atom. The predicted molar refractivity (Wildman–Crippen MR) is 78.1 cm³/mol. The summed E-state index contributed by atoms with van der Waals surface area (Å²) in [6.45, 7) is 0.910. The van der Waals surface area contributed by atoms with E-state index in [1.807, 2.05) is 30.1 Å². The number of ether oxygens (including phenoxy) is 1. The van der Waals surface area contributed by atoms with Gasteiger partial charge in [0.25, 0.3) is 0 Å². The molecule has 0 spiro atoms. The third-order valence-corrected chi connectivity index (χ3v) is 3.71. The average molecular weight is 341 g/mol. The van der Waals surface area contributed by atoms with Crippen LogP contribution in [0.5, 0.6) is 5.75 Å². The van der Waals surface area contributed by atoms with Crippen molar-refractivity contribution in [3.63, 3.8) is 0 Å². The Kier molecular flexibility index (Phi) is 4.77. The van der Waals surface area contributed by atoms with E-state index in [4.69, 9.17) is 4.74 Å². The van der Waals surface area contributed by atoms with E-state index in [2.05, 4.69) is 15.9 Å². The summed E-state index contributed by atoms with van der Waals surface area (Å²) < 4.78 is 6.29. The molecule has 0 aliphatic carbocycles. The Hall–Kier alpha value is -1.40. The molecule has 1 fully saturated rings. The van der Waals surface area contributed by atoms with Crippen molar-refractivity contribution in [2.24, 2.45) is 0 Å². The number of rotatable bonds is 5. The molecule has 1 aromatic rings. The first kappa shape index (κ1) is 15.0. The maximum absolute atomic E-state index is 11.6. The van der Waals surface area contributed by atoms with Crippen LogP contribution in [0, 0.1) is 0 Å². The van der Waals surface area contributed by atoms with Crippen molar-refractivity contribution in [1.29, 1.82) is 0 Å². The van der Waals surface area contributed by atoms with Gasteiger partial charge in [0.2, 0.25) is 11.8 Å². The molecule has 1 aliphatic heterocycles. The number of hydrogen-bond donors (Lipinski definition) is 0. The molecule has 0 radical (unpaired) electrons. The van der Waals surface area contributed by atoms with Crippen LogP contribution in [0.15, 0.2) is 22.7 Å². The fourth-order valence-electron chi connectivity index (χ4n) is 2.23. The van der Waals surface area contributed by atoms with Gasteiger partial charge in [-0.15, -0.1) is 0 Å². The molecule has 0 aromatic heterocycles. The molecule has 2 rings (SSSR count). The van der Waals surface area contributed by atoms with Gasteiger partial charge in [0.05, 0.1) is 13.8 Å². The number of benzene rings is 1. The van der Waals surface area contributed by atoms with Crippen LogP contribution in [-0.4, -0.2) is 42.4 Å². The zero-order chi connectivity index (χ0) is 14.7. The van der Waals surface area contributed by atoms with Gasteiger partial charge in [0, 0.05) is 29.4 Å².